The van der Waals surface area contributed by atoms with E-state index >= 15 is 0 Å². The number of rotatable bonds is 5. The molecule has 1 rings (SSSR count). The zero-order valence-corrected chi connectivity index (χ0v) is 10.4. The molecule has 0 bridgehead atoms. The number of carbonyl (C=O) groups excluding carboxylic acids is 1. The fraction of sp³-hybridized carbons (Fsp3) is 0.417. The Hall–Kier alpha value is -1.91. The standard InChI is InChI=1S/C12H19N3O2/c1-4-17-11-6-9(13)5-10(7-11)15-8(2)12(16)14-3/h5-8,15H,4,13H2,1-3H3,(H,14,16). The molecule has 5 heteroatoms. The lowest BCUT2D eigenvalue weighted by Crippen LogP contribution is -2.35. The summed E-state index contributed by atoms with van der Waals surface area (Å²) < 4.78 is 5.38. The van der Waals surface area contributed by atoms with Crippen LogP contribution in [-0.2, 0) is 4.79 Å². The molecule has 17 heavy (non-hydrogen) atoms. The normalized spacial score (nSPS) is 11.7. The lowest BCUT2D eigenvalue weighted by atomic mass is 10.2. The summed E-state index contributed by atoms with van der Waals surface area (Å²) in [7, 11) is 1.60. The number of nitrogens with one attached hydrogen (secondary N) is 2. The van der Waals surface area contributed by atoms with Crippen LogP contribution >= 0.6 is 0 Å². The van der Waals surface area contributed by atoms with Gasteiger partial charge in [-0.3, -0.25) is 4.79 Å². The van der Waals surface area contributed by atoms with Crippen molar-refractivity contribution in [2.75, 3.05) is 24.7 Å². The summed E-state index contributed by atoms with van der Waals surface area (Å²) in [6.45, 7) is 4.26. The molecule has 0 heterocycles. The van der Waals surface area contributed by atoms with Crippen LogP contribution in [0.25, 0.3) is 0 Å². The highest BCUT2D eigenvalue weighted by molar-refractivity contribution is 5.84. The number of likely N-dealkylation sites (N-methyl/N-ethyl adjacent to an activating group) is 1. The van der Waals surface area contributed by atoms with Crippen molar-refractivity contribution in [3.8, 4) is 5.75 Å². The minimum Gasteiger partial charge on any atom is -0.494 e. The smallest absolute Gasteiger partial charge is 0.241 e. The van der Waals surface area contributed by atoms with E-state index in [1.807, 2.05) is 13.0 Å². The molecule has 0 aliphatic carbocycles. The van der Waals surface area contributed by atoms with E-state index < -0.39 is 0 Å². The third kappa shape index (κ3) is 3.86. The lowest BCUT2D eigenvalue weighted by Gasteiger charge is -2.15. The van der Waals surface area contributed by atoms with E-state index in [0.29, 0.717) is 18.0 Å². The van der Waals surface area contributed by atoms with Crippen LogP contribution in [0.4, 0.5) is 11.4 Å². The molecular weight excluding hydrogens is 218 g/mol. The molecule has 1 atom stereocenters. The number of nitrogens with two attached hydrogens (primary N) is 1. The summed E-state index contributed by atoms with van der Waals surface area (Å²) in [5.41, 5.74) is 7.12. The first-order chi connectivity index (χ1) is 8.06. The molecule has 0 aliphatic rings. The minimum absolute atomic E-state index is 0.0783. The van der Waals surface area contributed by atoms with Gasteiger partial charge in [-0.2, -0.15) is 0 Å². The van der Waals surface area contributed by atoms with Gasteiger partial charge >= 0.3 is 0 Å². The quantitative estimate of drug-likeness (QED) is 0.673. The van der Waals surface area contributed by atoms with Crippen molar-refractivity contribution in [3.05, 3.63) is 18.2 Å². The number of hydrogen-bond donors (Lipinski definition) is 3. The summed E-state index contributed by atoms with van der Waals surface area (Å²) in [6, 6.07) is 5.01. The summed E-state index contributed by atoms with van der Waals surface area (Å²) in [4.78, 5) is 11.4. The Morgan fingerprint density at radius 1 is 1.47 bits per heavy atom. The van der Waals surface area contributed by atoms with Gasteiger partial charge in [-0.15, -0.1) is 0 Å². The highest BCUT2D eigenvalue weighted by Gasteiger charge is 2.11. The first-order valence-electron chi connectivity index (χ1n) is 5.58. The van der Waals surface area contributed by atoms with Crippen LogP contribution in [-0.4, -0.2) is 25.6 Å². The second-order valence-corrected chi connectivity index (χ2v) is 3.70. The number of hydrogen-bond acceptors (Lipinski definition) is 4. The van der Waals surface area contributed by atoms with Crippen LogP contribution in [0.2, 0.25) is 0 Å². The Morgan fingerprint density at radius 2 is 2.18 bits per heavy atom. The molecule has 0 radical (unpaired) electrons. The van der Waals surface area contributed by atoms with Crippen molar-refractivity contribution < 1.29 is 9.53 Å². The van der Waals surface area contributed by atoms with Crippen LogP contribution in [0.15, 0.2) is 18.2 Å². The number of anilines is 2. The Kier molecular flexibility index (Phi) is 4.63. The van der Waals surface area contributed by atoms with Crippen molar-refractivity contribution in [3.63, 3.8) is 0 Å². The van der Waals surface area contributed by atoms with Gasteiger partial charge < -0.3 is 21.1 Å². The number of ether oxygens (including phenoxy) is 1. The van der Waals surface area contributed by atoms with Crippen molar-refractivity contribution in [1.29, 1.82) is 0 Å². The molecule has 0 aromatic heterocycles. The highest BCUT2D eigenvalue weighted by atomic mass is 16.5. The summed E-state index contributed by atoms with van der Waals surface area (Å²) in [5.74, 6) is 0.615. The van der Waals surface area contributed by atoms with Gasteiger partial charge in [-0.05, 0) is 19.9 Å². The van der Waals surface area contributed by atoms with Crippen molar-refractivity contribution in [2.24, 2.45) is 0 Å². The molecule has 4 N–H and O–H groups in total. The molecule has 0 saturated carbocycles. The fourth-order valence-corrected chi connectivity index (χ4v) is 1.49. The molecule has 0 fully saturated rings. The predicted molar refractivity (Wildman–Crippen MR) is 69.2 cm³/mol. The van der Waals surface area contributed by atoms with Crippen LogP contribution in [0.3, 0.4) is 0 Å². The Bertz CT molecular complexity index is 393. The van der Waals surface area contributed by atoms with Gasteiger partial charge in [0.1, 0.15) is 11.8 Å². The van der Waals surface area contributed by atoms with Gasteiger partial charge in [-0.25, -0.2) is 0 Å². The van der Waals surface area contributed by atoms with E-state index in [9.17, 15) is 4.79 Å². The van der Waals surface area contributed by atoms with Crippen LogP contribution in [0, 0.1) is 0 Å². The molecule has 5 nitrogen and oxygen atoms in total. The minimum atomic E-state index is -0.323. The molecule has 1 amide bonds. The van der Waals surface area contributed by atoms with Gasteiger partial charge in [0.15, 0.2) is 0 Å². The number of carbonyl (C=O) groups is 1. The van der Waals surface area contributed by atoms with Gasteiger partial charge in [0.05, 0.1) is 6.61 Å². The van der Waals surface area contributed by atoms with E-state index in [-0.39, 0.29) is 11.9 Å². The number of nitrogen functional groups attached to an aromatic ring is 1. The van der Waals surface area contributed by atoms with Crippen LogP contribution < -0.4 is 21.1 Å². The molecule has 1 aromatic rings. The maximum Gasteiger partial charge on any atom is 0.241 e. The lowest BCUT2D eigenvalue weighted by molar-refractivity contribution is -0.121. The highest BCUT2D eigenvalue weighted by Crippen LogP contribution is 2.23. The van der Waals surface area contributed by atoms with E-state index in [0.717, 1.165) is 5.69 Å². The Labute approximate surface area is 101 Å². The van der Waals surface area contributed by atoms with Crippen LogP contribution in [0.5, 0.6) is 5.75 Å². The van der Waals surface area contributed by atoms with E-state index in [4.69, 9.17) is 10.5 Å². The summed E-state index contributed by atoms with van der Waals surface area (Å²) >= 11 is 0. The SMILES string of the molecule is CCOc1cc(N)cc(NC(C)C(=O)NC)c1. The van der Waals surface area contributed by atoms with Crippen molar-refractivity contribution >= 4 is 17.3 Å². The molecule has 94 valence electrons. The van der Waals surface area contributed by atoms with Crippen molar-refractivity contribution in [1.82, 2.24) is 5.32 Å². The van der Waals surface area contributed by atoms with Crippen molar-refractivity contribution in [2.45, 2.75) is 19.9 Å². The molecule has 0 aliphatic heterocycles. The molecule has 1 unspecified atom stereocenters. The largest absolute Gasteiger partial charge is 0.494 e. The maximum absolute atomic E-state index is 11.4. The van der Waals surface area contributed by atoms with Gasteiger partial charge in [0.2, 0.25) is 5.91 Å². The topological polar surface area (TPSA) is 76.4 Å². The van der Waals surface area contributed by atoms with Gasteiger partial charge in [0.25, 0.3) is 0 Å². The number of amides is 1. The second-order valence-electron chi connectivity index (χ2n) is 3.70. The molecule has 1 aromatic carbocycles. The third-order valence-electron chi connectivity index (χ3n) is 2.26. The predicted octanol–water partition coefficient (Wildman–Crippen LogP) is 1.21. The first kappa shape index (κ1) is 13.2. The Morgan fingerprint density at radius 3 is 2.76 bits per heavy atom. The number of benzene rings is 1. The van der Waals surface area contributed by atoms with E-state index in [1.54, 1.807) is 26.1 Å². The van der Waals surface area contributed by atoms with E-state index in [2.05, 4.69) is 10.6 Å². The van der Waals surface area contributed by atoms with Gasteiger partial charge in [-0.1, -0.05) is 0 Å². The first-order valence-corrected chi connectivity index (χ1v) is 5.58. The van der Waals surface area contributed by atoms with Crippen LogP contribution in [0.1, 0.15) is 13.8 Å². The average Bonchev–Trinajstić information content (AvgIpc) is 2.27. The summed E-state index contributed by atoms with van der Waals surface area (Å²) in [6.07, 6.45) is 0. The Balaban J connectivity index is 2.80. The zero-order chi connectivity index (χ0) is 12.8. The average molecular weight is 237 g/mol. The molecular formula is C12H19N3O2. The maximum atomic E-state index is 11.4. The zero-order valence-electron chi connectivity index (χ0n) is 10.4. The third-order valence-corrected chi connectivity index (χ3v) is 2.26. The molecule has 0 saturated heterocycles. The fourth-order valence-electron chi connectivity index (χ4n) is 1.49. The van der Waals surface area contributed by atoms with E-state index in [1.165, 1.54) is 0 Å². The van der Waals surface area contributed by atoms with Gasteiger partial charge in [0, 0.05) is 30.6 Å². The monoisotopic (exact) mass is 237 g/mol. The summed E-state index contributed by atoms with van der Waals surface area (Å²) in [5, 5.41) is 5.64. The molecule has 0 spiro atoms. The second kappa shape index (κ2) is 5.98.